The van der Waals surface area contributed by atoms with Crippen LogP contribution in [0.5, 0.6) is 28.7 Å². The molecule has 0 saturated heterocycles. The average molecular weight is 356 g/mol. The molecule has 0 saturated carbocycles. The molecule has 0 amide bonds. The van der Waals surface area contributed by atoms with Crippen molar-refractivity contribution in [3.05, 3.63) is 52.6 Å². The number of phenolic OH excluding ortho intramolecular Hbond substituents is 4. The van der Waals surface area contributed by atoms with E-state index >= 15 is 0 Å². The summed E-state index contributed by atoms with van der Waals surface area (Å²) in [5.41, 5.74) is 1.55. The summed E-state index contributed by atoms with van der Waals surface area (Å²) in [5, 5.41) is 40.2. The summed E-state index contributed by atoms with van der Waals surface area (Å²) in [6, 6.07) is 5.29. The van der Waals surface area contributed by atoms with Crippen molar-refractivity contribution in [2.45, 2.75) is 26.2 Å². The number of ketones is 1. The number of phenols is 4. The summed E-state index contributed by atoms with van der Waals surface area (Å²) in [5.74, 6) is -1.92. The van der Waals surface area contributed by atoms with Crippen molar-refractivity contribution in [3.8, 4) is 28.7 Å². The molecule has 0 aliphatic carbocycles. The molecule has 1 aliphatic heterocycles. The third kappa shape index (κ3) is 3.06. The zero-order valence-corrected chi connectivity index (χ0v) is 14.5. The predicted octanol–water partition coefficient (Wildman–Crippen LogP) is 3.38. The Morgan fingerprint density at radius 2 is 1.88 bits per heavy atom. The minimum Gasteiger partial charge on any atom is -0.508 e. The van der Waals surface area contributed by atoms with Crippen LogP contribution in [0.4, 0.5) is 0 Å². The molecule has 0 spiro atoms. The van der Waals surface area contributed by atoms with Crippen molar-refractivity contribution >= 4 is 5.78 Å². The van der Waals surface area contributed by atoms with Crippen molar-refractivity contribution in [1.82, 2.24) is 0 Å². The number of rotatable bonds is 3. The molecule has 1 heterocycles. The monoisotopic (exact) mass is 356 g/mol. The van der Waals surface area contributed by atoms with Crippen molar-refractivity contribution in [1.29, 1.82) is 0 Å². The Kier molecular flexibility index (Phi) is 4.50. The Hall–Kier alpha value is -3.15. The van der Waals surface area contributed by atoms with Gasteiger partial charge < -0.3 is 25.2 Å². The minimum absolute atomic E-state index is 0.0105. The molecule has 0 bridgehead atoms. The molecule has 4 N–H and O–H groups in total. The van der Waals surface area contributed by atoms with Crippen LogP contribution in [0.15, 0.2) is 35.9 Å². The summed E-state index contributed by atoms with van der Waals surface area (Å²) in [6.45, 7) is 3.74. The number of hydrogen-bond acceptors (Lipinski definition) is 6. The van der Waals surface area contributed by atoms with E-state index in [4.69, 9.17) is 4.74 Å². The number of benzene rings is 2. The smallest absolute Gasteiger partial charge is 0.181 e. The largest absolute Gasteiger partial charge is 0.508 e. The molecule has 1 unspecified atom stereocenters. The Morgan fingerprint density at radius 1 is 1.15 bits per heavy atom. The van der Waals surface area contributed by atoms with Gasteiger partial charge in [-0.15, -0.1) is 0 Å². The standard InChI is InChI=1S/C20H20O6/c1-10(2)3-5-13-16(23)8-17-18(19(13)24)20(25)14(9-26-17)12-6-4-11(21)7-15(12)22/h3-4,6-8,14,21-24H,5,9H2,1-2H3. The summed E-state index contributed by atoms with van der Waals surface area (Å²) in [7, 11) is 0. The molecule has 0 fully saturated rings. The Bertz CT molecular complexity index is 909. The summed E-state index contributed by atoms with van der Waals surface area (Å²) < 4.78 is 5.56. The highest BCUT2D eigenvalue weighted by molar-refractivity contribution is 6.07. The number of aromatic hydroxyl groups is 4. The highest BCUT2D eigenvalue weighted by Crippen LogP contribution is 2.45. The lowest BCUT2D eigenvalue weighted by atomic mass is 9.86. The fraction of sp³-hybridized carbons (Fsp3) is 0.250. The maximum atomic E-state index is 13.0. The van der Waals surface area contributed by atoms with Crippen LogP contribution in [-0.4, -0.2) is 32.8 Å². The molecule has 3 rings (SSSR count). The van der Waals surface area contributed by atoms with E-state index in [1.165, 1.54) is 18.2 Å². The predicted molar refractivity (Wildman–Crippen MR) is 95.2 cm³/mol. The van der Waals surface area contributed by atoms with Gasteiger partial charge in [0.05, 0.1) is 5.92 Å². The molecule has 1 atom stereocenters. The van der Waals surface area contributed by atoms with Gasteiger partial charge >= 0.3 is 0 Å². The van der Waals surface area contributed by atoms with E-state index in [0.29, 0.717) is 5.56 Å². The first kappa shape index (κ1) is 17.7. The van der Waals surface area contributed by atoms with Gasteiger partial charge in [0.1, 0.15) is 40.9 Å². The van der Waals surface area contributed by atoms with E-state index in [9.17, 15) is 25.2 Å². The lowest BCUT2D eigenvalue weighted by molar-refractivity contribution is 0.0889. The van der Waals surface area contributed by atoms with E-state index in [-0.39, 0.29) is 52.9 Å². The molecule has 2 aromatic rings. The van der Waals surface area contributed by atoms with Crippen LogP contribution in [-0.2, 0) is 6.42 Å². The van der Waals surface area contributed by atoms with Crippen molar-refractivity contribution in [2.75, 3.05) is 6.61 Å². The highest BCUT2D eigenvalue weighted by atomic mass is 16.5. The molecule has 2 aromatic carbocycles. The van der Waals surface area contributed by atoms with Crippen LogP contribution in [0, 0.1) is 0 Å². The van der Waals surface area contributed by atoms with Gasteiger partial charge in [-0.25, -0.2) is 0 Å². The van der Waals surface area contributed by atoms with Crippen LogP contribution in [0.3, 0.4) is 0 Å². The van der Waals surface area contributed by atoms with E-state index in [1.54, 1.807) is 0 Å². The fourth-order valence-electron chi connectivity index (χ4n) is 3.01. The van der Waals surface area contributed by atoms with Crippen molar-refractivity contribution in [3.63, 3.8) is 0 Å². The zero-order chi connectivity index (χ0) is 19.0. The lowest BCUT2D eigenvalue weighted by Crippen LogP contribution is -2.26. The molecule has 26 heavy (non-hydrogen) atoms. The van der Waals surface area contributed by atoms with Gasteiger partial charge in [-0.1, -0.05) is 17.7 Å². The van der Waals surface area contributed by atoms with Gasteiger partial charge in [0, 0.05) is 23.3 Å². The quantitative estimate of drug-likeness (QED) is 0.628. The number of carbonyl (C=O) groups is 1. The normalized spacial score (nSPS) is 15.9. The van der Waals surface area contributed by atoms with Crippen LogP contribution in [0.25, 0.3) is 0 Å². The first-order valence-electron chi connectivity index (χ1n) is 8.19. The number of Topliss-reactive ketones (excluding diaryl/α,β-unsaturated/α-hetero) is 1. The minimum atomic E-state index is -0.824. The molecule has 136 valence electrons. The Balaban J connectivity index is 2.06. The first-order chi connectivity index (χ1) is 12.3. The number of allylic oxidation sites excluding steroid dienone is 2. The second-order valence-electron chi connectivity index (χ2n) is 6.55. The van der Waals surface area contributed by atoms with Crippen LogP contribution in [0.2, 0.25) is 0 Å². The topological polar surface area (TPSA) is 107 Å². The molecule has 6 nitrogen and oxygen atoms in total. The number of carbonyl (C=O) groups excluding carboxylic acids is 1. The molecule has 0 aromatic heterocycles. The van der Waals surface area contributed by atoms with Gasteiger partial charge in [-0.3, -0.25) is 4.79 Å². The SMILES string of the molecule is CC(C)=CCc1c(O)cc2c(c1O)C(=O)C(c1ccc(O)cc1O)CO2. The van der Waals surface area contributed by atoms with E-state index < -0.39 is 11.7 Å². The van der Waals surface area contributed by atoms with Gasteiger partial charge in [0.2, 0.25) is 0 Å². The Morgan fingerprint density at radius 3 is 2.54 bits per heavy atom. The van der Waals surface area contributed by atoms with E-state index in [0.717, 1.165) is 11.6 Å². The van der Waals surface area contributed by atoms with E-state index in [2.05, 4.69) is 0 Å². The van der Waals surface area contributed by atoms with Gasteiger partial charge in [-0.05, 0) is 26.3 Å². The molecular weight excluding hydrogens is 336 g/mol. The maximum Gasteiger partial charge on any atom is 0.181 e. The third-order valence-electron chi connectivity index (χ3n) is 4.42. The molecule has 0 radical (unpaired) electrons. The fourth-order valence-corrected chi connectivity index (χ4v) is 3.01. The van der Waals surface area contributed by atoms with E-state index in [1.807, 2.05) is 19.9 Å². The third-order valence-corrected chi connectivity index (χ3v) is 4.42. The number of fused-ring (bicyclic) bond motifs is 1. The molecule has 1 aliphatic rings. The molecule has 6 heteroatoms. The van der Waals surface area contributed by atoms with Crippen LogP contribution < -0.4 is 4.74 Å². The molecular formula is C20H20O6. The Labute approximate surface area is 150 Å². The number of hydrogen-bond donors (Lipinski definition) is 4. The van der Waals surface area contributed by atoms with Gasteiger partial charge in [0.15, 0.2) is 5.78 Å². The highest BCUT2D eigenvalue weighted by Gasteiger charge is 2.35. The van der Waals surface area contributed by atoms with Gasteiger partial charge in [-0.2, -0.15) is 0 Å². The van der Waals surface area contributed by atoms with Crippen molar-refractivity contribution in [2.24, 2.45) is 0 Å². The summed E-state index contributed by atoms with van der Waals surface area (Å²) in [4.78, 5) is 13.0. The van der Waals surface area contributed by atoms with Crippen molar-refractivity contribution < 1.29 is 30.0 Å². The lowest BCUT2D eigenvalue weighted by Gasteiger charge is -2.26. The summed E-state index contributed by atoms with van der Waals surface area (Å²) in [6.07, 6.45) is 2.11. The maximum absolute atomic E-state index is 13.0. The second-order valence-corrected chi connectivity index (χ2v) is 6.55. The zero-order valence-electron chi connectivity index (χ0n) is 14.5. The van der Waals surface area contributed by atoms with Gasteiger partial charge in [0.25, 0.3) is 0 Å². The van der Waals surface area contributed by atoms with Crippen LogP contribution in [0.1, 0.15) is 41.3 Å². The average Bonchev–Trinajstić information content (AvgIpc) is 2.55. The van der Waals surface area contributed by atoms with Crippen LogP contribution >= 0.6 is 0 Å². The number of ether oxygens (including phenoxy) is 1. The second kappa shape index (κ2) is 6.63. The first-order valence-corrected chi connectivity index (χ1v) is 8.19. The summed E-state index contributed by atoms with van der Waals surface area (Å²) >= 11 is 0.